The van der Waals surface area contributed by atoms with Gasteiger partial charge in [0, 0.05) is 27.8 Å². The first-order valence-corrected chi connectivity index (χ1v) is 12.0. The van der Waals surface area contributed by atoms with Gasteiger partial charge in [-0.25, -0.2) is 4.90 Å². The van der Waals surface area contributed by atoms with Crippen molar-refractivity contribution in [1.29, 1.82) is 0 Å². The molecule has 0 radical (unpaired) electrons. The maximum atomic E-state index is 14.0. The smallest absolute Gasteiger partial charge is 0.250 e. The Morgan fingerprint density at radius 3 is 2.67 bits per heavy atom. The van der Waals surface area contributed by atoms with Crippen molar-refractivity contribution in [3.8, 4) is 11.5 Å². The predicted molar refractivity (Wildman–Crippen MR) is 121 cm³/mol. The minimum atomic E-state index is -1.18. The van der Waals surface area contributed by atoms with E-state index in [0.29, 0.717) is 42.6 Å². The lowest BCUT2D eigenvalue weighted by molar-refractivity contribution is -0.135. The fraction of sp³-hybridized carbons (Fsp3) is 0.375. The second-order valence-electron chi connectivity index (χ2n) is 9.16. The number of fused-ring (bicyclic) bond motifs is 8. The molecule has 0 aromatic heterocycles. The molecule has 4 atom stereocenters. The summed E-state index contributed by atoms with van der Waals surface area (Å²) in [7, 11) is 0. The quantitative estimate of drug-likeness (QED) is 0.594. The molecule has 5 aliphatic rings. The van der Waals surface area contributed by atoms with Crippen molar-refractivity contribution in [3.05, 3.63) is 46.4 Å². The Bertz CT molecular complexity index is 1260. The van der Waals surface area contributed by atoms with Gasteiger partial charge in [-0.05, 0) is 49.7 Å². The van der Waals surface area contributed by atoms with Crippen LogP contribution in [0.15, 0.2) is 40.9 Å². The van der Waals surface area contributed by atoms with E-state index in [2.05, 4.69) is 26.1 Å². The normalized spacial score (nSPS) is 31.7. The molecule has 168 valence electrons. The number of carbonyl (C=O) groups excluding carboxylic acids is 3. The molecule has 5 aliphatic heterocycles. The Hall–Kier alpha value is -2.91. The van der Waals surface area contributed by atoms with Crippen LogP contribution >= 0.6 is 15.9 Å². The SMILES string of the molecule is O=C1[C@@H]2[C@@H]3CCCN3[C@]3(C(=O)Nc4ccc(Br)cc43)[C@H]2C(=O)N1c1ccc2c(c1)OCCO2. The Balaban J connectivity index is 1.39. The lowest BCUT2D eigenvalue weighted by atomic mass is 9.75. The molecule has 2 aromatic rings. The number of nitrogens with zero attached hydrogens (tertiary/aromatic N) is 2. The average Bonchev–Trinajstić information content (AvgIpc) is 3.52. The summed E-state index contributed by atoms with van der Waals surface area (Å²) in [5.74, 6) is -1.04. The number of hydrogen-bond acceptors (Lipinski definition) is 6. The van der Waals surface area contributed by atoms with Crippen LogP contribution < -0.4 is 19.7 Å². The van der Waals surface area contributed by atoms with Gasteiger partial charge in [-0.3, -0.25) is 19.3 Å². The highest BCUT2D eigenvalue weighted by Crippen LogP contribution is 2.61. The average molecular weight is 510 g/mol. The lowest BCUT2D eigenvalue weighted by Crippen LogP contribution is -2.54. The van der Waals surface area contributed by atoms with E-state index in [-0.39, 0.29) is 23.8 Å². The van der Waals surface area contributed by atoms with Crippen molar-refractivity contribution in [1.82, 2.24) is 4.90 Å². The van der Waals surface area contributed by atoms with Crippen LogP contribution in [0.2, 0.25) is 0 Å². The first-order valence-electron chi connectivity index (χ1n) is 11.2. The molecule has 3 amide bonds. The minimum Gasteiger partial charge on any atom is -0.486 e. The molecule has 1 spiro atoms. The van der Waals surface area contributed by atoms with Gasteiger partial charge in [-0.15, -0.1) is 0 Å². The van der Waals surface area contributed by atoms with Gasteiger partial charge in [-0.2, -0.15) is 0 Å². The number of nitrogens with one attached hydrogen (secondary N) is 1. The Morgan fingerprint density at radius 1 is 1.00 bits per heavy atom. The lowest BCUT2D eigenvalue weighted by Gasteiger charge is -2.36. The molecule has 33 heavy (non-hydrogen) atoms. The molecule has 2 aromatic carbocycles. The highest BCUT2D eigenvalue weighted by molar-refractivity contribution is 9.10. The van der Waals surface area contributed by atoms with E-state index in [4.69, 9.17) is 9.47 Å². The Morgan fingerprint density at radius 2 is 1.82 bits per heavy atom. The fourth-order valence-electron chi connectivity index (χ4n) is 6.60. The minimum absolute atomic E-state index is 0.149. The zero-order valence-electron chi connectivity index (χ0n) is 17.5. The topological polar surface area (TPSA) is 88.2 Å². The number of rotatable bonds is 1. The maximum Gasteiger partial charge on any atom is 0.250 e. The van der Waals surface area contributed by atoms with Crippen LogP contribution in [0.1, 0.15) is 18.4 Å². The van der Waals surface area contributed by atoms with Crippen molar-refractivity contribution >= 4 is 45.0 Å². The summed E-state index contributed by atoms with van der Waals surface area (Å²) in [5, 5.41) is 2.99. The van der Waals surface area contributed by atoms with Crippen molar-refractivity contribution in [2.24, 2.45) is 11.8 Å². The summed E-state index contributed by atoms with van der Waals surface area (Å²) >= 11 is 3.53. The van der Waals surface area contributed by atoms with Gasteiger partial charge in [-0.1, -0.05) is 15.9 Å². The molecule has 0 aliphatic carbocycles. The summed E-state index contributed by atoms with van der Waals surface area (Å²) in [6.07, 6.45) is 1.67. The molecule has 5 heterocycles. The highest BCUT2D eigenvalue weighted by atomic mass is 79.9. The van der Waals surface area contributed by atoms with Crippen molar-refractivity contribution < 1.29 is 23.9 Å². The molecule has 1 N–H and O–H groups in total. The van der Waals surface area contributed by atoms with E-state index in [0.717, 1.165) is 22.9 Å². The summed E-state index contributed by atoms with van der Waals surface area (Å²) in [6.45, 7) is 1.55. The molecule has 8 nitrogen and oxygen atoms in total. The van der Waals surface area contributed by atoms with Gasteiger partial charge in [0.1, 0.15) is 18.8 Å². The van der Waals surface area contributed by atoms with Crippen molar-refractivity contribution in [2.45, 2.75) is 24.4 Å². The molecule has 3 saturated heterocycles. The summed E-state index contributed by atoms with van der Waals surface area (Å²) in [4.78, 5) is 44.8. The van der Waals surface area contributed by atoms with Gasteiger partial charge in [0.15, 0.2) is 11.5 Å². The van der Waals surface area contributed by atoms with Crippen LogP contribution in [0.3, 0.4) is 0 Å². The van der Waals surface area contributed by atoms with Crippen molar-refractivity contribution in [2.75, 3.05) is 30.0 Å². The molecule has 7 rings (SSSR count). The van der Waals surface area contributed by atoms with Gasteiger partial charge in [0.25, 0.3) is 0 Å². The van der Waals surface area contributed by atoms with E-state index in [1.165, 1.54) is 4.90 Å². The van der Waals surface area contributed by atoms with Gasteiger partial charge in [0.2, 0.25) is 17.7 Å². The van der Waals surface area contributed by atoms with Crippen LogP contribution in [0.5, 0.6) is 11.5 Å². The zero-order valence-corrected chi connectivity index (χ0v) is 19.1. The number of carbonyl (C=O) groups is 3. The molecule has 0 unspecified atom stereocenters. The highest BCUT2D eigenvalue weighted by Gasteiger charge is 2.74. The first-order chi connectivity index (χ1) is 16.0. The molecular weight excluding hydrogens is 490 g/mol. The van der Waals surface area contributed by atoms with E-state index >= 15 is 0 Å². The largest absolute Gasteiger partial charge is 0.486 e. The number of imide groups is 1. The summed E-state index contributed by atoms with van der Waals surface area (Å²) in [5.41, 5.74) is 0.746. The first kappa shape index (κ1) is 19.5. The molecule has 0 saturated carbocycles. The van der Waals surface area contributed by atoms with Crippen LogP contribution in [0.4, 0.5) is 11.4 Å². The number of amides is 3. The van der Waals surface area contributed by atoms with Gasteiger partial charge >= 0.3 is 0 Å². The number of anilines is 2. The number of benzene rings is 2. The second-order valence-corrected chi connectivity index (χ2v) is 10.1. The Labute approximate surface area is 197 Å². The molecular formula is C24H20BrN3O5. The number of ether oxygens (including phenoxy) is 2. The second kappa shape index (κ2) is 6.57. The van der Waals surface area contributed by atoms with Gasteiger partial charge < -0.3 is 14.8 Å². The third kappa shape index (κ3) is 2.31. The molecule has 0 bridgehead atoms. The number of hydrogen-bond donors (Lipinski definition) is 1. The van der Waals surface area contributed by atoms with Gasteiger partial charge in [0.05, 0.1) is 17.5 Å². The van der Waals surface area contributed by atoms with Crippen LogP contribution in [0.25, 0.3) is 0 Å². The van der Waals surface area contributed by atoms with E-state index in [1.54, 1.807) is 18.2 Å². The number of halogens is 1. The zero-order chi connectivity index (χ0) is 22.5. The standard InChI is InChI=1S/C24H20BrN3O5/c25-12-3-5-15-14(10-12)24(23(31)26-15)20-19(16-2-1-7-27(16)24)21(29)28(22(20)30)13-4-6-17-18(11-13)33-9-8-32-17/h3-6,10-11,16,19-20H,1-2,7-9H2,(H,26,31)/t16-,19+,20+,24-/m0/s1. The third-order valence-electron chi connectivity index (χ3n) is 7.74. The van der Waals surface area contributed by atoms with Crippen LogP contribution in [-0.2, 0) is 19.9 Å². The maximum absolute atomic E-state index is 14.0. The monoisotopic (exact) mass is 509 g/mol. The molecule has 3 fully saturated rings. The predicted octanol–water partition coefficient (Wildman–Crippen LogP) is 2.65. The van der Waals surface area contributed by atoms with E-state index in [1.807, 2.05) is 18.2 Å². The van der Waals surface area contributed by atoms with E-state index in [9.17, 15) is 14.4 Å². The van der Waals surface area contributed by atoms with Crippen molar-refractivity contribution in [3.63, 3.8) is 0 Å². The van der Waals surface area contributed by atoms with Crippen LogP contribution in [-0.4, -0.2) is 48.4 Å². The molecule has 9 heteroatoms. The summed E-state index contributed by atoms with van der Waals surface area (Å²) in [6, 6.07) is 10.6. The van der Waals surface area contributed by atoms with Crippen LogP contribution in [0, 0.1) is 11.8 Å². The van der Waals surface area contributed by atoms with E-state index < -0.39 is 17.4 Å². The Kier molecular flexibility index (Phi) is 3.89. The third-order valence-corrected chi connectivity index (χ3v) is 8.23. The summed E-state index contributed by atoms with van der Waals surface area (Å²) < 4.78 is 12.1. The fourth-order valence-corrected chi connectivity index (χ4v) is 6.96.